The lowest BCUT2D eigenvalue weighted by Gasteiger charge is -2.21. The molecule has 1 amide bonds. The summed E-state index contributed by atoms with van der Waals surface area (Å²) in [5.41, 5.74) is 0.605. The van der Waals surface area contributed by atoms with Gasteiger partial charge in [0.15, 0.2) is 0 Å². The van der Waals surface area contributed by atoms with Gasteiger partial charge in [-0.15, -0.1) is 0 Å². The number of nitrogens with one attached hydrogen (secondary N) is 1. The zero-order chi connectivity index (χ0) is 17.5. The van der Waals surface area contributed by atoms with Gasteiger partial charge < -0.3 is 19.7 Å². The van der Waals surface area contributed by atoms with E-state index in [-0.39, 0.29) is 12.0 Å². The Morgan fingerprint density at radius 2 is 2.12 bits per heavy atom. The SMILES string of the molecule is CC(CNC(=O)c1ccccc1OCC1CCCO1)CN1CCCC1. The van der Waals surface area contributed by atoms with Gasteiger partial charge in [0.2, 0.25) is 0 Å². The van der Waals surface area contributed by atoms with Gasteiger partial charge in [0.05, 0.1) is 11.7 Å². The first kappa shape index (κ1) is 18.2. The molecular weight excluding hydrogens is 316 g/mol. The molecule has 1 aromatic rings. The molecule has 3 rings (SSSR count). The average Bonchev–Trinajstić information content (AvgIpc) is 3.32. The molecule has 0 aromatic heterocycles. The van der Waals surface area contributed by atoms with Crippen molar-refractivity contribution < 1.29 is 14.3 Å². The lowest BCUT2D eigenvalue weighted by Crippen LogP contribution is -2.34. The van der Waals surface area contributed by atoms with E-state index in [9.17, 15) is 4.79 Å². The Balaban J connectivity index is 1.48. The van der Waals surface area contributed by atoms with Gasteiger partial charge in [-0.25, -0.2) is 0 Å². The van der Waals surface area contributed by atoms with Crippen molar-refractivity contribution in [3.8, 4) is 5.75 Å². The maximum absolute atomic E-state index is 12.6. The minimum atomic E-state index is -0.0591. The number of carbonyl (C=O) groups excluding carboxylic acids is 1. The molecule has 2 unspecified atom stereocenters. The number of hydrogen-bond donors (Lipinski definition) is 1. The Labute approximate surface area is 150 Å². The summed E-state index contributed by atoms with van der Waals surface area (Å²) in [5, 5.41) is 3.06. The van der Waals surface area contributed by atoms with Crippen molar-refractivity contribution in [2.75, 3.05) is 39.4 Å². The molecule has 25 heavy (non-hydrogen) atoms. The summed E-state index contributed by atoms with van der Waals surface area (Å²) in [6.45, 7) is 7.64. The van der Waals surface area contributed by atoms with Crippen LogP contribution in [0.4, 0.5) is 0 Å². The Bertz CT molecular complexity index is 552. The van der Waals surface area contributed by atoms with Gasteiger partial charge in [-0.2, -0.15) is 0 Å². The van der Waals surface area contributed by atoms with E-state index < -0.39 is 0 Å². The Hall–Kier alpha value is -1.59. The highest BCUT2D eigenvalue weighted by Crippen LogP contribution is 2.20. The van der Waals surface area contributed by atoms with Crippen molar-refractivity contribution in [3.05, 3.63) is 29.8 Å². The molecule has 0 saturated carbocycles. The predicted octanol–water partition coefficient (Wildman–Crippen LogP) is 2.71. The fraction of sp³-hybridized carbons (Fsp3) is 0.650. The number of benzene rings is 1. The third-order valence-corrected chi connectivity index (χ3v) is 4.96. The van der Waals surface area contributed by atoms with Crippen LogP contribution in [0.1, 0.15) is 43.0 Å². The maximum atomic E-state index is 12.6. The van der Waals surface area contributed by atoms with Crippen molar-refractivity contribution in [2.45, 2.75) is 38.7 Å². The molecule has 1 aromatic carbocycles. The number of likely N-dealkylation sites (tertiary alicyclic amines) is 1. The number of para-hydroxylation sites is 1. The molecule has 5 nitrogen and oxygen atoms in total. The van der Waals surface area contributed by atoms with Crippen LogP contribution < -0.4 is 10.1 Å². The zero-order valence-electron chi connectivity index (χ0n) is 15.2. The normalized spacial score (nSPS) is 22.0. The second-order valence-corrected chi connectivity index (χ2v) is 7.27. The van der Waals surface area contributed by atoms with Crippen LogP contribution in [0.3, 0.4) is 0 Å². The van der Waals surface area contributed by atoms with Gasteiger partial charge in [-0.05, 0) is 56.8 Å². The van der Waals surface area contributed by atoms with Crippen LogP contribution in [-0.2, 0) is 4.74 Å². The van der Waals surface area contributed by atoms with Crippen molar-refractivity contribution in [3.63, 3.8) is 0 Å². The van der Waals surface area contributed by atoms with Crippen molar-refractivity contribution in [1.29, 1.82) is 0 Å². The van der Waals surface area contributed by atoms with E-state index in [2.05, 4.69) is 17.1 Å². The number of amides is 1. The van der Waals surface area contributed by atoms with Crippen LogP contribution in [0, 0.1) is 5.92 Å². The fourth-order valence-electron chi connectivity index (χ4n) is 3.57. The number of carbonyl (C=O) groups is 1. The van der Waals surface area contributed by atoms with Gasteiger partial charge >= 0.3 is 0 Å². The van der Waals surface area contributed by atoms with E-state index in [4.69, 9.17) is 9.47 Å². The van der Waals surface area contributed by atoms with Crippen molar-refractivity contribution >= 4 is 5.91 Å². The van der Waals surface area contributed by atoms with Crippen LogP contribution >= 0.6 is 0 Å². The molecule has 138 valence electrons. The quantitative estimate of drug-likeness (QED) is 0.786. The van der Waals surface area contributed by atoms with E-state index in [0.29, 0.717) is 30.4 Å². The molecule has 5 heteroatoms. The monoisotopic (exact) mass is 346 g/mol. The topological polar surface area (TPSA) is 50.8 Å². The number of nitrogens with zero attached hydrogens (tertiary/aromatic N) is 1. The molecule has 2 saturated heterocycles. The smallest absolute Gasteiger partial charge is 0.255 e. The first-order chi connectivity index (χ1) is 12.2. The number of ether oxygens (including phenoxy) is 2. The predicted molar refractivity (Wildman–Crippen MR) is 98.1 cm³/mol. The van der Waals surface area contributed by atoms with E-state index in [1.54, 1.807) is 0 Å². The fourth-order valence-corrected chi connectivity index (χ4v) is 3.57. The van der Waals surface area contributed by atoms with Crippen LogP contribution in [0.25, 0.3) is 0 Å². The largest absolute Gasteiger partial charge is 0.490 e. The van der Waals surface area contributed by atoms with Crippen molar-refractivity contribution in [2.24, 2.45) is 5.92 Å². The minimum absolute atomic E-state index is 0.0591. The summed E-state index contributed by atoms with van der Waals surface area (Å²) in [7, 11) is 0. The summed E-state index contributed by atoms with van der Waals surface area (Å²) in [5.74, 6) is 1.03. The minimum Gasteiger partial charge on any atom is -0.490 e. The molecule has 2 atom stereocenters. The molecule has 0 bridgehead atoms. The summed E-state index contributed by atoms with van der Waals surface area (Å²) in [6.07, 6.45) is 4.87. The second kappa shape index (κ2) is 9.20. The first-order valence-electron chi connectivity index (χ1n) is 9.56. The average molecular weight is 346 g/mol. The van der Waals surface area contributed by atoms with Gasteiger partial charge in [0.25, 0.3) is 5.91 Å². The maximum Gasteiger partial charge on any atom is 0.255 e. The molecule has 0 radical (unpaired) electrons. The molecule has 0 aliphatic carbocycles. The zero-order valence-corrected chi connectivity index (χ0v) is 15.2. The third kappa shape index (κ3) is 5.44. The molecular formula is C20H30N2O3. The Morgan fingerprint density at radius 1 is 1.32 bits per heavy atom. The molecule has 2 aliphatic heterocycles. The Morgan fingerprint density at radius 3 is 2.88 bits per heavy atom. The molecule has 2 fully saturated rings. The van der Waals surface area contributed by atoms with E-state index >= 15 is 0 Å². The highest BCUT2D eigenvalue weighted by molar-refractivity contribution is 5.96. The van der Waals surface area contributed by atoms with Crippen molar-refractivity contribution in [1.82, 2.24) is 10.2 Å². The van der Waals surface area contributed by atoms with Crippen LogP contribution in [0.5, 0.6) is 5.75 Å². The van der Waals surface area contributed by atoms with Crippen LogP contribution in [0.15, 0.2) is 24.3 Å². The van der Waals surface area contributed by atoms with E-state index in [0.717, 1.165) is 26.0 Å². The van der Waals surface area contributed by atoms with Crippen LogP contribution in [0.2, 0.25) is 0 Å². The lowest BCUT2D eigenvalue weighted by atomic mass is 10.1. The Kier molecular flexibility index (Phi) is 6.70. The molecule has 2 heterocycles. The van der Waals surface area contributed by atoms with Gasteiger partial charge in [0, 0.05) is 19.7 Å². The standard InChI is InChI=1S/C20H30N2O3/c1-16(14-22-10-4-5-11-22)13-21-20(23)18-8-2-3-9-19(18)25-15-17-7-6-12-24-17/h2-3,8-9,16-17H,4-7,10-15H2,1H3,(H,21,23). The lowest BCUT2D eigenvalue weighted by molar-refractivity contribution is 0.0670. The second-order valence-electron chi connectivity index (χ2n) is 7.27. The summed E-state index contributed by atoms with van der Waals surface area (Å²) >= 11 is 0. The molecule has 2 aliphatic rings. The summed E-state index contributed by atoms with van der Waals surface area (Å²) < 4.78 is 11.4. The summed E-state index contributed by atoms with van der Waals surface area (Å²) in [4.78, 5) is 15.0. The van der Waals surface area contributed by atoms with Gasteiger partial charge in [0.1, 0.15) is 12.4 Å². The molecule has 0 spiro atoms. The van der Waals surface area contributed by atoms with E-state index in [1.165, 1.54) is 25.9 Å². The van der Waals surface area contributed by atoms with Crippen LogP contribution in [-0.4, -0.2) is 56.3 Å². The van der Waals surface area contributed by atoms with E-state index in [1.807, 2.05) is 24.3 Å². The van der Waals surface area contributed by atoms with Gasteiger partial charge in [-0.1, -0.05) is 19.1 Å². The highest BCUT2D eigenvalue weighted by Gasteiger charge is 2.19. The molecule has 1 N–H and O–H groups in total. The third-order valence-electron chi connectivity index (χ3n) is 4.96. The summed E-state index contributed by atoms with van der Waals surface area (Å²) in [6, 6.07) is 7.46. The first-order valence-corrected chi connectivity index (χ1v) is 9.56. The number of hydrogen-bond acceptors (Lipinski definition) is 4. The number of rotatable bonds is 8. The highest BCUT2D eigenvalue weighted by atomic mass is 16.5. The van der Waals surface area contributed by atoms with Gasteiger partial charge in [-0.3, -0.25) is 4.79 Å².